The van der Waals surface area contributed by atoms with Gasteiger partial charge in [0.05, 0.1) is 0 Å². The number of piperidine rings is 1. The molecular formula is C10H24N2. The van der Waals surface area contributed by atoms with E-state index in [1.807, 2.05) is 7.05 Å². The highest BCUT2D eigenvalue weighted by atomic mass is 15.2. The summed E-state index contributed by atoms with van der Waals surface area (Å²) in [6.45, 7) is 7.90. The number of likely N-dealkylation sites (tertiary alicyclic amines) is 1. The van der Waals surface area contributed by atoms with Crippen LogP contribution in [-0.2, 0) is 0 Å². The topological polar surface area (TPSA) is 15.3 Å². The molecule has 0 aromatic carbocycles. The molecule has 0 aromatic heterocycles. The fourth-order valence-corrected chi connectivity index (χ4v) is 1.34. The van der Waals surface area contributed by atoms with Crippen LogP contribution >= 0.6 is 0 Å². The van der Waals surface area contributed by atoms with Crippen LogP contribution in [0, 0.1) is 0 Å². The molecule has 1 aliphatic heterocycles. The molecule has 0 unspecified atom stereocenters. The summed E-state index contributed by atoms with van der Waals surface area (Å²) in [5, 5.41) is 3.16. The van der Waals surface area contributed by atoms with Gasteiger partial charge in [-0.25, -0.2) is 0 Å². The first kappa shape index (κ1) is 11.9. The van der Waals surface area contributed by atoms with Crippen LogP contribution in [0.3, 0.4) is 0 Å². The Morgan fingerprint density at radius 2 is 1.58 bits per heavy atom. The molecule has 0 saturated carbocycles. The molecule has 1 saturated heterocycles. The first-order valence-corrected chi connectivity index (χ1v) is 5.22. The maximum atomic E-state index is 3.16. The van der Waals surface area contributed by atoms with Crippen molar-refractivity contribution in [2.24, 2.45) is 0 Å². The monoisotopic (exact) mass is 172 g/mol. The fourth-order valence-electron chi connectivity index (χ4n) is 1.34. The highest BCUT2D eigenvalue weighted by molar-refractivity contribution is 4.61. The van der Waals surface area contributed by atoms with Crippen LogP contribution in [0.15, 0.2) is 0 Å². The van der Waals surface area contributed by atoms with E-state index in [1.54, 1.807) is 0 Å². The van der Waals surface area contributed by atoms with Crippen molar-refractivity contribution in [1.29, 1.82) is 0 Å². The van der Waals surface area contributed by atoms with Crippen LogP contribution in [0.2, 0.25) is 0 Å². The predicted molar refractivity (Wildman–Crippen MR) is 55.3 cm³/mol. The van der Waals surface area contributed by atoms with E-state index in [1.165, 1.54) is 38.8 Å². The van der Waals surface area contributed by atoms with E-state index in [4.69, 9.17) is 0 Å². The summed E-state index contributed by atoms with van der Waals surface area (Å²) in [5.41, 5.74) is 0. The number of hydrogen-bond acceptors (Lipinski definition) is 2. The number of nitrogens with zero attached hydrogens (tertiary/aromatic N) is 1. The van der Waals surface area contributed by atoms with Gasteiger partial charge in [0.1, 0.15) is 0 Å². The second-order valence-corrected chi connectivity index (χ2v) is 3.40. The molecule has 0 radical (unpaired) electrons. The lowest BCUT2D eigenvalue weighted by Gasteiger charge is -2.25. The molecule has 0 bridgehead atoms. The molecule has 0 amide bonds. The van der Waals surface area contributed by atoms with Gasteiger partial charge in [-0.3, -0.25) is 4.90 Å². The Hall–Kier alpha value is -0.0800. The van der Waals surface area contributed by atoms with Gasteiger partial charge in [-0.05, 0) is 33.0 Å². The van der Waals surface area contributed by atoms with Crippen molar-refractivity contribution in [1.82, 2.24) is 10.2 Å². The van der Waals surface area contributed by atoms with Crippen LogP contribution in [0.1, 0.15) is 39.5 Å². The minimum Gasteiger partial charge on any atom is -0.307 e. The zero-order valence-electron chi connectivity index (χ0n) is 8.90. The Labute approximate surface area is 77.3 Å². The second-order valence-electron chi connectivity index (χ2n) is 3.40. The highest BCUT2D eigenvalue weighted by Gasteiger charge is 2.06. The lowest BCUT2D eigenvalue weighted by atomic mass is 10.1. The average molecular weight is 172 g/mol. The standard InChI is InChI=1S/C7H16N2.C3H8/c1-8-7-9-5-3-2-4-6-9;1-3-2/h8H,2-7H2,1H3;3H2,1-2H3. The molecule has 1 aliphatic rings. The molecule has 2 nitrogen and oxygen atoms in total. The molecule has 0 spiro atoms. The van der Waals surface area contributed by atoms with Gasteiger partial charge in [0.25, 0.3) is 0 Å². The van der Waals surface area contributed by atoms with E-state index in [-0.39, 0.29) is 0 Å². The van der Waals surface area contributed by atoms with E-state index in [0.717, 1.165) is 6.67 Å². The van der Waals surface area contributed by atoms with Crippen LogP contribution in [-0.4, -0.2) is 31.7 Å². The number of nitrogens with one attached hydrogen (secondary N) is 1. The molecule has 1 rings (SSSR count). The van der Waals surface area contributed by atoms with Crippen LogP contribution in [0.4, 0.5) is 0 Å². The first-order chi connectivity index (χ1) is 5.85. The third-order valence-corrected chi connectivity index (χ3v) is 1.83. The summed E-state index contributed by atoms with van der Waals surface area (Å²) in [5.74, 6) is 0. The molecule has 1 heterocycles. The second kappa shape index (κ2) is 9.01. The number of rotatable bonds is 2. The van der Waals surface area contributed by atoms with Crippen molar-refractivity contribution < 1.29 is 0 Å². The van der Waals surface area contributed by atoms with Gasteiger partial charge < -0.3 is 5.32 Å². The van der Waals surface area contributed by atoms with Crippen molar-refractivity contribution in [3.8, 4) is 0 Å². The normalized spacial score (nSPS) is 18.2. The lowest BCUT2D eigenvalue weighted by Crippen LogP contribution is -2.36. The van der Waals surface area contributed by atoms with Gasteiger partial charge in [0, 0.05) is 6.67 Å². The quantitative estimate of drug-likeness (QED) is 0.686. The molecule has 12 heavy (non-hydrogen) atoms. The summed E-state index contributed by atoms with van der Waals surface area (Å²) in [6.07, 6.45) is 5.46. The van der Waals surface area contributed by atoms with Gasteiger partial charge in [-0.15, -0.1) is 0 Å². The molecule has 1 fully saturated rings. The molecule has 0 atom stereocenters. The maximum Gasteiger partial charge on any atom is 0.0477 e. The Morgan fingerprint density at radius 3 is 2.00 bits per heavy atom. The van der Waals surface area contributed by atoms with Gasteiger partial charge in [0.2, 0.25) is 0 Å². The van der Waals surface area contributed by atoms with Crippen LogP contribution in [0.5, 0.6) is 0 Å². The van der Waals surface area contributed by atoms with Crippen LogP contribution in [0.25, 0.3) is 0 Å². The smallest absolute Gasteiger partial charge is 0.0477 e. The summed E-state index contributed by atoms with van der Waals surface area (Å²) in [6, 6.07) is 0. The highest BCUT2D eigenvalue weighted by Crippen LogP contribution is 2.06. The van der Waals surface area contributed by atoms with E-state index in [9.17, 15) is 0 Å². The third-order valence-electron chi connectivity index (χ3n) is 1.83. The zero-order valence-corrected chi connectivity index (χ0v) is 8.90. The fraction of sp³-hybridized carbons (Fsp3) is 1.00. The van der Waals surface area contributed by atoms with Gasteiger partial charge >= 0.3 is 0 Å². The molecule has 0 aliphatic carbocycles. The van der Waals surface area contributed by atoms with Gasteiger partial charge in [-0.1, -0.05) is 26.7 Å². The van der Waals surface area contributed by atoms with E-state index in [2.05, 4.69) is 24.1 Å². The molecule has 0 aromatic rings. The largest absolute Gasteiger partial charge is 0.307 e. The van der Waals surface area contributed by atoms with E-state index < -0.39 is 0 Å². The van der Waals surface area contributed by atoms with Gasteiger partial charge in [0.15, 0.2) is 0 Å². The zero-order chi connectivity index (χ0) is 9.23. The Kier molecular flexibility index (Phi) is 8.95. The van der Waals surface area contributed by atoms with Crippen LogP contribution < -0.4 is 5.32 Å². The Bertz CT molecular complexity index is 75.2. The minimum absolute atomic E-state index is 1.07. The third kappa shape index (κ3) is 6.62. The van der Waals surface area contributed by atoms with Crippen molar-refractivity contribution in [3.63, 3.8) is 0 Å². The van der Waals surface area contributed by atoms with Crippen molar-refractivity contribution in [3.05, 3.63) is 0 Å². The minimum atomic E-state index is 1.07. The number of hydrogen-bond donors (Lipinski definition) is 1. The lowest BCUT2D eigenvalue weighted by molar-refractivity contribution is 0.218. The van der Waals surface area contributed by atoms with E-state index >= 15 is 0 Å². The molecular weight excluding hydrogens is 148 g/mol. The summed E-state index contributed by atoms with van der Waals surface area (Å²) in [7, 11) is 2.01. The summed E-state index contributed by atoms with van der Waals surface area (Å²) in [4.78, 5) is 2.46. The predicted octanol–water partition coefficient (Wildman–Crippen LogP) is 2.07. The van der Waals surface area contributed by atoms with Crippen molar-refractivity contribution >= 4 is 0 Å². The molecule has 1 N–H and O–H groups in total. The Morgan fingerprint density at radius 1 is 1.08 bits per heavy atom. The summed E-state index contributed by atoms with van der Waals surface area (Å²) >= 11 is 0. The summed E-state index contributed by atoms with van der Waals surface area (Å²) < 4.78 is 0. The molecule has 2 heteroatoms. The van der Waals surface area contributed by atoms with E-state index in [0.29, 0.717) is 0 Å². The van der Waals surface area contributed by atoms with Gasteiger partial charge in [-0.2, -0.15) is 0 Å². The SMILES string of the molecule is CCC.CNCN1CCCCC1. The average Bonchev–Trinajstić information content (AvgIpc) is 2.08. The Balaban J connectivity index is 0.000000354. The molecule has 74 valence electrons. The van der Waals surface area contributed by atoms with Crippen molar-refractivity contribution in [2.75, 3.05) is 26.8 Å². The first-order valence-electron chi connectivity index (χ1n) is 5.22. The van der Waals surface area contributed by atoms with Crippen molar-refractivity contribution in [2.45, 2.75) is 39.5 Å². The maximum absolute atomic E-state index is 3.16.